The van der Waals surface area contributed by atoms with E-state index in [1.54, 1.807) is 0 Å². The molecule has 124 valence electrons. The summed E-state index contributed by atoms with van der Waals surface area (Å²) in [5, 5.41) is 4.49. The topological polar surface area (TPSA) is 59.7 Å². The molecular formula is C17H24N4O2. The predicted molar refractivity (Wildman–Crippen MR) is 87.5 cm³/mol. The van der Waals surface area contributed by atoms with Crippen LogP contribution >= 0.6 is 0 Å². The summed E-state index contributed by atoms with van der Waals surface area (Å²) in [4.78, 5) is 19.0. The summed E-state index contributed by atoms with van der Waals surface area (Å²) in [6.45, 7) is 10.0. The number of aryl methyl sites for hydroxylation is 3. The molecule has 0 spiro atoms. The standard InChI is InChI=1S/C17H24N4O2/c1-11-9-16-18-13(3)15(14(4)21(16)19-11)5-6-17(22)20-7-8-23-10-12(20)2/h9,12H,5-8,10H2,1-4H3/t12-/m0/s1. The van der Waals surface area contributed by atoms with Crippen molar-refractivity contribution in [2.45, 2.75) is 46.6 Å². The van der Waals surface area contributed by atoms with Crippen LogP contribution in [-0.2, 0) is 16.0 Å². The van der Waals surface area contributed by atoms with Gasteiger partial charge in [0.2, 0.25) is 5.91 Å². The third-order valence-corrected chi connectivity index (χ3v) is 4.56. The van der Waals surface area contributed by atoms with Crippen molar-refractivity contribution in [1.82, 2.24) is 19.5 Å². The first-order valence-corrected chi connectivity index (χ1v) is 8.17. The minimum absolute atomic E-state index is 0.160. The van der Waals surface area contributed by atoms with Crippen LogP contribution in [-0.4, -0.2) is 51.2 Å². The van der Waals surface area contributed by atoms with Crippen LogP contribution in [0.5, 0.6) is 0 Å². The van der Waals surface area contributed by atoms with E-state index in [9.17, 15) is 4.79 Å². The zero-order chi connectivity index (χ0) is 16.6. The molecule has 1 aliphatic heterocycles. The molecule has 0 aliphatic carbocycles. The molecule has 0 aromatic carbocycles. The van der Waals surface area contributed by atoms with E-state index in [-0.39, 0.29) is 11.9 Å². The summed E-state index contributed by atoms with van der Waals surface area (Å²) in [6.07, 6.45) is 1.20. The van der Waals surface area contributed by atoms with Gasteiger partial charge in [-0.1, -0.05) is 0 Å². The Hall–Kier alpha value is -1.95. The number of amides is 1. The minimum Gasteiger partial charge on any atom is -0.377 e. The van der Waals surface area contributed by atoms with Crippen LogP contribution in [0.25, 0.3) is 5.65 Å². The van der Waals surface area contributed by atoms with E-state index in [4.69, 9.17) is 4.74 Å². The maximum absolute atomic E-state index is 12.5. The van der Waals surface area contributed by atoms with Crippen LogP contribution in [0, 0.1) is 20.8 Å². The zero-order valence-corrected chi connectivity index (χ0v) is 14.3. The summed E-state index contributed by atoms with van der Waals surface area (Å²) in [5.74, 6) is 0.191. The predicted octanol–water partition coefficient (Wildman–Crippen LogP) is 1.83. The van der Waals surface area contributed by atoms with E-state index in [2.05, 4.69) is 10.1 Å². The highest BCUT2D eigenvalue weighted by Crippen LogP contribution is 2.18. The highest BCUT2D eigenvalue weighted by Gasteiger charge is 2.24. The molecule has 2 aromatic heterocycles. The Labute approximate surface area is 136 Å². The van der Waals surface area contributed by atoms with Crippen molar-refractivity contribution in [1.29, 1.82) is 0 Å². The Morgan fingerprint density at radius 1 is 1.39 bits per heavy atom. The average Bonchev–Trinajstić information content (AvgIpc) is 2.88. The van der Waals surface area contributed by atoms with Gasteiger partial charge in [0.1, 0.15) is 0 Å². The van der Waals surface area contributed by atoms with Crippen LogP contribution in [0.15, 0.2) is 6.07 Å². The van der Waals surface area contributed by atoms with Crippen molar-refractivity contribution in [2.75, 3.05) is 19.8 Å². The van der Waals surface area contributed by atoms with Crippen molar-refractivity contribution in [3.8, 4) is 0 Å². The molecule has 1 aliphatic rings. The van der Waals surface area contributed by atoms with Crippen molar-refractivity contribution in [3.63, 3.8) is 0 Å². The van der Waals surface area contributed by atoms with Crippen molar-refractivity contribution in [3.05, 3.63) is 28.7 Å². The number of hydrogen-bond acceptors (Lipinski definition) is 4. The lowest BCUT2D eigenvalue weighted by Crippen LogP contribution is -2.47. The number of morpholine rings is 1. The second-order valence-corrected chi connectivity index (χ2v) is 6.33. The molecule has 0 N–H and O–H groups in total. The first-order chi connectivity index (χ1) is 11.0. The Balaban J connectivity index is 1.77. The van der Waals surface area contributed by atoms with E-state index in [1.165, 1.54) is 0 Å². The summed E-state index contributed by atoms with van der Waals surface area (Å²) < 4.78 is 7.27. The van der Waals surface area contributed by atoms with Crippen LogP contribution < -0.4 is 0 Å². The molecule has 0 saturated carbocycles. The van der Waals surface area contributed by atoms with Gasteiger partial charge in [0, 0.05) is 30.4 Å². The molecule has 0 radical (unpaired) electrons. The first kappa shape index (κ1) is 15.9. The SMILES string of the molecule is Cc1cc2nc(C)c(CCC(=O)N3CCOC[C@@H]3C)c(C)n2n1. The third kappa shape index (κ3) is 3.08. The van der Waals surface area contributed by atoms with Gasteiger partial charge in [0.15, 0.2) is 5.65 Å². The third-order valence-electron chi connectivity index (χ3n) is 4.56. The molecule has 0 unspecified atom stereocenters. The normalized spacial score (nSPS) is 18.6. The highest BCUT2D eigenvalue weighted by atomic mass is 16.5. The fraction of sp³-hybridized carbons (Fsp3) is 0.588. The summed E-state index contributed by atoms with van der Waals surface area (Å²) in [5.41, 5.74) is 5.00. The molecule has 1 amide bonds. The fourth-order valence-electron chi connectivity index (χ4n) is 3.28. The van der Waals surface area contributed by atoms with Gasteiger partial charge in [-0.05, 0) is 39.7 Å². The molecule has 1 saturated heterocycles. The lowest BCUT2D eigenvalue weighted by Gasteiger charge is -2.33. The van der Waals surface area contributed by atoms with Crippen LogP contribution in [0.4, 0.5) is 0 Å². The van der Waals surface area contributed by atoms with E-state index in [0.717, 1.165) is 28.3 Å². The maximum atomic E-state index is 12.5. The van der Waals surface area contributed by atoms with Gasteiger partial charge >= 0.3 is 0 Å². The molecule has 23 heavy (non-hydrogen) atoms. The zero-order valence-electron chi connectivity index (χ0n) is 14.3. The van der Waals surface area contributed by atoms with Gasteiger partial charge in [-0.3, -0.25) is 4.79 Å². The van der Waals surface area contributed by atoms with Gasteiger partial charge < -0.3 is 9.64 Å². The van der Waals surface area contributed by atoms with E-state index < -0.39 is 0 Å². The minimum atomic E-state index is 0.160. The van der Waals surface area contributed by atoms with Crippen LogP contribution in [0.1, 0.15) is 36.0 Å². The van der Waals surface area contributed by atoms with E-state index in [1.807, 2.05) is 43.2 Å². The number of carbonyl (C=O) groups is 1. The van der Waals surface area contributed by atoms with Gasteiger partial charge in [0.05, 0.1) is 24.9 Å². The number of rotatable bonds is 3. The fourth-order valence-corrected chi connectivity index (χ4v) is 3.28. The molecule has 6 heteroatoms. The molecule has 6 nitrogen and oxygen atoms in total. The van der Waals surface area contributed by atoms with E-state index in [0.29, 0.717) is 32.6 Å². The summed E-state index contributed by atoms with van der Waals surface area (Å²) >= 11 is 0. The molecule has 1 atom stereocenters. The Morgan fingerprint density at radius 2 is 2.17 bits per heavy atom. The van der Waals surface area contributed by atoms with Gasteiger partial charge in [-0.2, -0.15) is 5.10 Å². The Bertz CT molecular complexity index is 738. The second-order valence-electron chi connectivity index (χ2n) is 6.33. The number of hydrogen-bond donors (Lipinski definition) is 0. The lowest BCUT2D eigenvalue weighted by molar-refractivity contribution is -0.139. The molecule has 3 heterocycles. The highest BCUT2D eigenvalue weighted by molar-refractivity contribution is 5.77. The number of aromatic nitrogens is 3. The van der Waals surface area contributed by atoms with Gasteiger partial charge in [0.25, 0.3) is 0 Å². The molecule has 3 rings (SSSR count). The van der Waals surface area contributed by atoms with Gasteiger partial charge in [-0.15, -0.1) is 0 Å². The van der Waals surface area contributed by atoms with E-state index >= 15 is 0 Å². The van der Waals surface area contributed by atoms with Crippen molar-refractivity contribution in [2.24, 2.45) is 0 Å². The quantitative estimate of drug-likeness (QED) is 0.867. The van der Waals surface area contributed by atoms with Crippen molar-refractivity contribution < 1.29 is 9.53 Å². The molecule has 0 bridgehead atoms. The number of nitrogens with zero attached hydrogens (tertiary/aromatic N) is 4. The number of carbonyl (C=O) groups excluding carboxylic acids is 1. The Kier molecular flexibility index (Phi) is 4.35. The summed E-state index contributed by atoms with van der Waals surface area (Å²) in [7, 11) is 0. The molecule has 1 fully saturated rings. The molecular weight excluding hydrogens is 292 g/mol. The van der Waals surface area contributed by atoms with Crippen LogP contribution in [0.2, 0.25) is 0 Å². The first-order valence-electron chi connectivity index (χ1n) is 8.17. The lowest BCUT2D eigenvalue weighted by atomic mass is 10.1. The number of fused-ring (bicyclic) bond motifs is 1. The Morgan fingerprint density at radius 3 is 2.91 bits per heavy atom. The monoisotopic (exact) mass is 316 g/mol. The number of ether oxygens (including phenoxy) is 1. The summed E-state index contributed by atoms with van der Waals surface area (Å²) in [6, 6.07) is 2.14. The largest absolute Gasteiger partial charge is 0.377 e. The second kappa shape index (κ2) is 6.28. The average molecular weight is 316 g/mol. The smallest absolute Gasteiger partial charge is 0.223 e. The van der Waals surface area contributed by atoms with Gasteiger partial charge in [-0.25, -0.2) is 9.50 Å². The maximum Gasteiger partial charge on any atom is 0.223 e. The van der Waals surface area contributed by atoms with Crippen LogP contribution in [0.3, 0.4) is 0 Å². The van der Waals surface area contributed by atoms with Crippen molar-refractivity contribution >= 4 is 11.6 Å². The molecule has 2 aromatic rings.